The van der Waals surface area contributed by atoms with Crippen LogP contribution in [0, 0.1) is 0 Å². The molecule has 0 aromatic carbocycles. The van der Waals surface area contributed by atoms with Crippen molar-refractivity contribution in [1.82, 2.24) is 0 Å². The van der Waals surface area contributed by atoms with Crippen molar-refractivity contribution in [2.24, 2.45) is 0 Å². The van der Waals surface area contributed by atoms with E-state index in [9.17, 15) is 18.0 Å². The number of hydrogen-bond acceptors (Lipinski definition) is 5. The van der Waals surface area contributed by atoms with Crippen molar-refractivity contribution in [2.45, 2.75) is 0 Å². The van der Waals surface area contributed by atoms with Gasteiger partial charge in [-0.2, -0.15) is 8.42 Å². The average Bonchev–Trinajstić information content (AvgIpc) is 2.08. The second-order valence-corrected chi connectivity index (χ2v) is 3.60. The van der Waals surface area contributed by atoms with Crippen molar-refractivity contribution < 1.29 is 32.4 Å². The predicted octanol–water partition coefficient (Wildman–Crippen LogP) is -0.428. The van der Waals surface area contributed by atoms with Gasteiger partial charge in [-0.3, -0.25) is 4.55 Å². The first-order valence-corrected chi connectivity index (χ1v) is 4.93. The third-order valence-corrected chi connectivity index (χ3v) is 1.91. The largest absolute Gasteiger partial charge is 0.478 e. The molecule has 0 radical (unpaired) electrons. The molecule has 84 valence electrons. The zero-order valence-electron chi connectivity index (χ0n) is 7.41. The molecule has 0 rings (SSSR count). The van der Waals surface area contributed by atoms with E-state index >= 15 is 0 Å². The van der Waals surface area contributed by atoms with Crippen LogP contribution in [-0.4, -0.2) is 36.6 Å². The Labute approximate surface area is 85.4 Å². The standard InChI is InChI=1S/C7H8O7S/c1-2-3-14-7(10)5(4-6(8)9)15(11,12)13/h2,4H,1,3H2,(H,8,9)(H,11,12,13)/b5-4+. The zero-order chi connectivity index (χ0) is 12.1. The Hall–Kier alpha value is -1.67. The highest BCUT2D eigenvalue weighted by molar-refractivity contribution is 7.90. The summed E-state index contributed by atoms with van der Waals surface area (Å²) in [5.41, 5.74) is 0. The SMILES string of the molecule is C=CCOC(=O)/C(=C\C(=O)O)S(=O)(=O)O. The molecule has 0 fully saturated rings. The lowest BCUT2D eigenvalue weighted by Crippen LogP contribution is -2.17. The molecule has 0 unspecified atom stereocenters. The molecular formula is C7H8O7S. The Morgan fingerprint density at radius 1 is 1.40 bits per heavy atom. The molecule has 0 spiro atoms. The maximum absolute atomic E-state index is 10.9. The summed E-state index contributed by atoms with van der Waals surface area (Å²) in [5.74, 6) is -3.15. The highest BCUT2D eigenvalue weighted by Gasteiger charge is 2.25. The summed E-state index contributed by atoms with van der Waals surface area (Å²) in [6, 6.07) is 0. The van der Waals surface area contributed by atoms with Gasteiger partial charge in [-0.1, -0.05) is 12.7 Å². The van der Waals surface area contributed by atoms with E-state index in [4.69, 9.17) is 9.66 Å². The van der Waals surface area contributed by atoms with Crippen LogP contribution in [0.25, 0.3) is 0 Å². The van der Waals surface area contributed by atoms with Gasteiger partial charge < -0.3 is 9.84 Å². The molecule has 0 aliphatic rings. The Morgan fingerprint density at radius 2 is 1.93 bits per heavy atom. The molecule has 0 amide bonds. The minimum Gasteiger partial charge on any atom is -0.478 e. The van der Waals surface area contributed by atoms with Crippen LogP contribution >= 0.6 is 0 Å². The minimum absolute atomic E-state index is 0.0424. The number of hydrogen-bond donors (Lipinski definition) is 2. The molecule has 0 atom stereocenters. The van der Waals surface area contributed by atoms with Gasteiger partial charge in [0.05, 0.1) is 6.08 Å². The number of esters is 1. The van der Waals surface area contributed by atoms with Gasteiger partial charge in [0.1, 0.15) is 6.61 Å². The number of carbonyl (C=O) groups is 2. The van der Waals surface area contributed by atoms with E-state index in [1.165, 1.54) is 0 Å². The van der Waals surface area contributed by atoms with Gasteiger partial charge in [0, 0.05) is 0 Å². The van der Waals surface area contributed by atoms with Crippen LogP contribution in [0.4, 0.5) is 0 Å². The van der Waals surface area contributed by atoms with Crippen molar-refractivity contribution >= 4 is 22.1 Å². The highest BCUT2D eigenvalue weighted by atomic mass is 32.2. The monoisotopic (exact) mass is 236 g/mol. The molecular weight excluding hydrogens is 228 g/mol. The van der Waals surface area contributed by atoms with Crippen LogP contribution in [0.1, 0.15) is 0 Å². The van der Waals surface area contributed by atoms with E-state index in [0.717, 1.165) is 6.08 Å². The van der Waals surface area contributed by atoms with E-state index < -0.39 is 27.0 Å². The smallest absolute Gasteiger partial charge is 0.352 e. The van der Waals surface area contributed by atoms with Crippen LogP contribution < -0.4 is 0 Å². The Morgan fingerprint density at radius 3 is 2.27 bits per heavy atom. The molecule has 0 aromatic rings. The summed E-state index contributed by atoms with van der Waals surface area (Å²) < 4.78 is 33.9. The summed E-state index contributed by atoms with van der Waals surface area (Å²) in [7, 11) is -4.92. The van der Waals surface area contributed by atoms with E-state index in [-0.39, 0.29) is 12.7 Å². The first kappa shape index (κ1) is 13.3. The first-order valence-electron chi connectivity index (χ1n) is 3.49. The van der Waals surface area contributed by atoms with Gasteiger partial charge in [0.25, 0.3) is 0 Å². The van der Waals surface area contributed by atoms with Crippen molar-refractivity contribution in [3.05, 3.63) is 23.6 Å². The number of ether oxygens (including phenoxy) is 1. The Bertz CT molecular complexity index is 403. The third kappa shape index (κ3) is 4.93. The van der Waals surface area contributed by atoms with Crippen molar-refractivity contribution in [1.29, 1.82) is 0 Å². The fraction of sp³-hybridized carbons (Fsp3) is 0.143. The molecule has 0 saturated carbocycles. The molecule has 8 heteroatoms. The van der Waals surface area contributed by atoms with E-state index in [1.54, 1.807) is 0 Å². The van der Waals surface area contributed by atoms with Crippen molar-refractivity contribution in [2.75, 3.05) is 6.61 Å². The van der Waals surface area contributed by atoms with Gasteiger partial charge in [-0.05, 0) is 0 Å². The second-order valence-electron chi connectivity index (χ2n) is 2.21. The lowest BCUT2D eigenvalue weighted by atomic mass is 10.5. The lowest BCUT2D eigenvalue weighted by Gasteiger charge is -2.02. The zero-order valence-corrected chi connectivity index (χ0v) is 8.23. The van der Waals surface area contributed by atoms with Crippen LogP contribution in [0.5, 0.6) is 0 Å². The van der Waals surface area contributed by atoms with E-state index in [1.807, 2.05) is 0 Å². The quantitative estimate of drug-likeness (QED) is 0.288. The van der Waals surface area contributed by atoms with Gasteiger partial charge in [-0.25, -0.2) is 9.59 Å². The fourth-order valence-electron chi connectivity index (χ4n) is 0.557. The molecule has 7 nitrogen and oxygen atoms in total. The summed E-state index contributed by atoms with van der Waals surface area (Å²) in [6.45, 7) is 2.89. The lowest BCUT2D eigenvalue weighted by molar-refractivity contribution is -0.138. The fourth-order valence-corrected chi connectivity index (χ4v) is 1.08. The minimum atomic E-state index is -4.92. The maximum Gasteiger partial charge on any atom is 0.352 e. The predicted molar refractivity (Wildman–Crippen MR) is 48.4 cm³/mol. The maximum atomic E-state index is 10.9. The number of carboxylic acids is 1. The summed E-state index contributed by atoms with van der Waals surface area (Å²) in [4.78, 5) is 19.8. The van der Waals surface area contributed by atoms with Crippen LogP contribution in [-0.2, 0) is 24.4 Å². The first-order chi connectivity index (χ1) is 6.79. The van der Waals surface area contributed by atoms with E-state index in [0.29, 0.717) is 0 Å². The number of aliphatic carboxylic acids is 1. The summed E-state index contributed by atoms with van der Waals surface area (Å²) in [6.07, 6.45) is 1.20. The molecule has 0 aliphatic heterocycles. The van der Waals surface area contributed by atoms with Crippen LogP contribution in [0.3, 0.4) is 0 Å². The number of rotatable bonds is 5. The summed E-state index contributed by atoms with van der Waals surface area (Å²) in [5, 5.41) is 8.24. The third-order valence-electron chi connectivity index (χ3n) is 1.07. The highest BCUT2D eigenvalue weighted by Crippen LogP contribution is 2.06. The Balaban J connectivity index is 5.06. The van der Waals surface area contributed by atoms with Crippen LogP contribution in [0.2, 0.25) is 0 Å². The van der Waals surface area contributed by atoms with E-state index in [2.05, 4.69) is 11.3 Å². The molecule has 2 N–H and O–H groups in total. The van der Waals surface area contributed by atoms with Gasteiger partial charge in [0.2, 0.25) is 0 Å². The molecule has 0 aromatic heterocycles. The summed E-state index contributed by atoms with van der Waals surface area (Å²) >= 11 is 0. The van der Waals surface area contributed by atoms with Gasteiger partial charge in [0.15, 0.2) is 4.91 Å². The van der Waals surface area contributed by atoms with Crippen molar-refractivity contribution in [3.8, 4) is 0 Å². The molecule has 0 aliphatic carbocycles. The molecule has 0 saturated heterocycles. The van der Waals surface area contributed by atoms with Gasteiger partial charge >= 0.3 is 22.1 Å². The van der Waals surface area contributed by atoms with Gasteiger partial charge in [-0.15, -0.1) is 0 Å². The molecule has 0 bridgehead atoms. The molecule has 0 heterocycles. The number of carboxylic acid groups (broad SMARTS) is 1. The van der Waals surface area contributed by atoms with Crippen molar-refractivity contribution in [3.63, 3.8) is 0 Å². The topological polar surface area (TPSA) is 118 Å². The normalized spacial score (nSPS) is 11.9. The average molecular weight is 236 g/mol. The second kappa shape index (κ2) is 5.27. The Kier molecular flexibility index (Phi) is 4.68. The van der Waals surface area contributed by atoms with Crippen LogP contribution in [0.15, 0.2) is 23.6 Å². The number of carbonyl (C=O) groups excluding carboxylic acids is 1. The molecule has 15 heavy (non-hydrogen) atoms.